The number of nitrogens with zero attached hydrogens (tertiary/aromatic N) is 5. The molecule has 0 spiro atoms. The van der Waals surface area contributed by atoms with Gasteiger partial charge in [-0.3, -0.25) is 0 Å². The Labute approximate surface area is 203 Å². The van der Waals surface area contributed by atoms with Crippen molar-refractivity contribution < 1.29 is 0 Å². The zero-order chi connectivity index (χ0) is 23.8. The van der Waals surface area contributed by atoms with Gasteiger partial charge in [0.05, 0.1) is 5.56 Å². The van der Waals surface area contributed by atoms with E-state index in [2.05, 4.69) is 55.9 Å². The quantitative estimate of drug-likeness (QED) is 0.415. The number of hydrogen-bond donors (Lipinski definition) is 2. The van der Waals surface area contributed by atoms with Crippen LogP contribution < -0.4 is 21.3 Å². The number of unbranched alkanes of at least 4 members (excludes halogenated alkanes) is 5. The van der Waals surface area contributed by atoms with Crippen molar-refractivity contribution in [2.24, 2.45) is 0 Å². The number of piperazine rings is 1. The number of nitrogen functional groups attached to an aromatic ring is 2. The summed E-state index contributed by atoms with van der Waals surface area (Å²) < 4.78 is 0. The molecule has 0 radical (unpaired) electrons. The number of benzene rings is 1. The summed E-state index contributed by atoms with van der Waals surface area (Å²) in [6.07, 6.45) is 10.8. The van der Waals surface area contributed by atoms with E-state index in [1.54, 1.807) is 0 Å². The highest BCUT2D eigenvalue weighted by molar-refractivity contribution is 5.83. The standard InChI is InChI=1S/C27H37N7/c1-2-3-4-5-6-7-10-21-12-14-22(15-13-21)24-25(28)31-27(32-26(24)29)34-19-17-33(18-20-34)23-11-8-9-16-30-23/h8-9,11-16H,2-7,10,17-20H2,1H3,(H4,28,29,31,32). The van der Waals surface area contributed by atoms with Crippen LogP contribution in [-0.2, 0) is 6.42 Å². The van der Waals surface area contributed by atoms with Gasteiger partial charge in [-0.1, -0.05) is 69.4 Å². The molecule has 1 saturated heterocycles. The minimum absolute atomic E-state index is 0.429. The Morgan fingerprint density at radius 1 is 0.765 bits per heavy atom. The monoisotopic (exact) mass is 459 g/mol. The van der Waals surface area contributed by atoms with Crippen molar-refractivity contribution in [1.29, 1.82) is 0 Å². The molecule has 180 valence electrons. The minimum Gasteiger partial charge on any atom is -0.383 e. The van der Waals surface area contributed by atoms with Gasteiger partial charge < -0.3 is 21.3 Å². The molecular formula is C27H37N7. The first-order valence-corrected chi connectivity index (χ1v) is 12.6. The molecule has 0 amide bonds. The smallest absolute Gasteiger partial charge is 0.229 e. The zero-order valence-electron chi connectivity index (χ0n) is 20.3. The van der Waals surface area contributed by atoms with Gasteiger partial charge in [0.1, 0.15) is 17.5 Å². The Morgan fingerprint density at radius 3 is 2.06 bits per heavy atom. The van der Waals surface area contributed by atoms with E-state index in [1.165, 1.54) is 44.1 Å². The first-order valence-electron chi connectivity index (χ1n) is 12.6. The minimum atomic E-state index is 0.429. The number of aryl methyl sites for hydroxylation is 1. The summed E-state index contributed by atoms with van der Waals surface area (Å²) >= 11 is 0. The Balaban J connectivity index is 1.36. The summed E-state index contributed by atoms with van der Waals surface area (Å²) in [5.41, 5.74) is 15.8. The molecule has 4 N–H and O–H groups in total. The van der Waals surface area contributed by atoms with Gasteiger partial charge >= 0.3 is 0 Å². The summed E-state index contributed by atoms with van der Waals surface area (Å²) in [6.45, 7) is 5.54. The maximum Gasteiger partial charge on any atom is 0.229 e. The molecule has 0 aliphatic carbocycles. The molecule has 3 heterocycles. The number of aromatic nitrogens is 3. The van der Waals surface area contributed by atoms with Gasteiger partial charge in [0.15, 0.2) is 0 Å². The van der Waals surface area contributed by atoms with E-state index >= 15 is 0 Å². The van der Waals surface area contributed by atoms with Crippen LogP contribution in [0.4, 0.5) is 23.4 Å². The summed E-state index contributed by atoms with van der Waals surface area (Å²) in [7, 11) is 0. The average Bonchev–Trinajstić information content (AvgIpc) is 2.87. The fourth-order valence-corrected chi connectivity index (χ4v) is 4.54. The lowest BCUT2D eigenvalue weighted by atomic mass is 10.0. The molecule has 4 rings (SSSR count). The Hall–Kier alpha value is -3.35. The van der Waals surface area contributed by atoms with Crippen LogP contribution >= 0.6 is 0 Å². The van der Waals surface area contributed by atoms with Crippen molar-refractivity contribution in [1.82, 2.24) is 15.0 Å². The molecule has 0 unspecified atom stereocenters. The second-order valence-electron chi connectivity index (χ2n) is 9.05. The van der Waals surface area contributed by atoms with E-state index in [9.17, 15) is 0 Å². The summed E-state index contributed by atoms with van der Waals surface area (Å²) in [4.78, 5) is 18.1. The average molecular weight is 460 g/mol. The van der Waals surface area contributed by atoms with Gasteiger partial charge in [-0.05, 0) is 36.1 Å². The van der Waals surface area contributed by atoms with Crippen LogP contribution in [0.25, 0.3) is 11.1 Å². The summed E-state index contributed by atoms with van der Waals surface area (Å²) in [6, 6.07) is 14.5. The third kappa shape index (κ3) is 5.95. The number of hydrogen-bond acceptors (Lipinski definition) is 7. The maximum atomic E-state index is 6.38. The Morgan fingerprint density at radius 2 is 1.41 bits per heavy atom. The highest BCUT2D eigenvalue weighted by Gasteiger charge is 2.22. The molecule has 7 heteroatoms. The number of rotatable bonds is 10. The van der Waals surface area contributed by atoms with Crippen molar-refractivity contribution in [3.8, 4) is 11.1 Å². The molecule has 1 aromatic carbocycles. The van der Waals surface area contributed by atoms with E-state index < -0.39 is 0 Å². The van der Waals surface area contributed by atoms with Crippen molar-refractivity contribution in [2.75, 3.05) is 47.4 Å². The van der Waals surface area contributed by atoms with Gasteiger partial charge in [0.2, 0.25) is 5.95 Å². The Kier molecular flexibility index (Phi) is 8.17. The van der Waals surface area contributed by atoms with Crippen LogP contribution in [-0.4, -0.2) is 41.1 Å². The molecule has 2 aromatic heterocycles. The normalized spacial score (nSPS) is 13.9. The van der Waals surface area contributed by atoms with E-state index in [1.807, 2.05) is 24.4 Å². The van der Waals surface area contributed by atoms with Crippen LogP contribution in [0.5, 0.6) is 0 Å². The van der Waals surface area contributed by atoms with Crippen LogP contribution in [0.2, 0.25) is 0 Å². The van der Waals surface area contributed by atoms with Crippen molar-refractivity contribution >= 4 is 23.4 Å². The third-order valence-corrected chi connectivity index (χ3v) is 6.55. The first-order chi connectivity index (χ1) is 16.7. The molecule has 1 aliphatic heterocycles. The molecule has 3 aromatic rings. The second kappa shape index (κ2) is 11.7. The number of pyridine rings is 1. The molecule has 0 bridgehead atoms. The SMILES string of the molecule is CCCCCCCCc1ccc(-c2c(N)nc(N3CCN(c4ccccn4)CC3)nc2N)cc1. The molecule has 0 saturated carbocycles. The van der Waals surface area contributed by atoms with Crippen molar-refractivity contribution in [3.05, 3.63) is 54.2 Å². The second-order valence-corrected chi connectivity index (χ2v) is 9.05. The van der Waals surface area contributed by atoms with Gasteiger partial charge in [0, 0.05) is 32.4 Å². The predicted octanol–water partition coefficient (Wildman–Crippen LogP) is 4.93. The summed E-state index contributed by atoms with van der Waals surface area (Å²) in [5, 5.41) is 0. The lowest BCUT2D eigenvalue weighted by Crippen LogP contribution is -2.47. The predicted molar refractivity (Wildman–Crippen MR) is 142 cm³/mol. The third-order valence-electron chi connectivity index (χ3n) is 6.55. The molecule has 1 fully saturated rings. The first kappa shape index (κ1) is 23.8. The fourth-order valence-electron chi connectivity index (χ4n) is 4.54. The van der Waals surface area contributed by atoms with Gasteiger partial charge in [-0.25, -0.2) is 4.98 Å². The summed E-state index contributed by atoms with van der Waals surface area (Å²) in [5.74, 6) is 2.45. The topological polar surface area (TPSA) is 97.2 Å². The molecule has 7 nitrogen and oxygen atoms in total. The van der Waals surface area contributed by atoms with Gasteiger partial charge in [-0.15, -0.1) is 0 Å². The van der Waals surface area contributed by atoms with Gasteiger partial charge in [0.25, 0.3) is 0 Å². The molecule has 0 atom stereocenters. The molecule has 1 aliphatic rings. The van der Waals surface area contributed by atoms with Crippen molar-refractivity contribution in [3.63, 3.8) is 0 Å². The van der Waals surface area contributed by atoms with Crippen LogP contribution in [0.15, 0.2) is 48.7 Å². The van der Waals surface area contributed by atoms with Crippen LogP contribution in [0, 0.1) is 0 Å². The largest absolute Gasteiger partial charge is 0.383 e. The maximum absolute atomic E-state index is 6.38. The number of nitrogens with two attached hydrogens (primary N) is 2. The van der Waals surface area contributed by atoms with Crippen molar-refractivity contribution in [2.45, 2.75) is 51.9 Å². The van der Waals surface area contributed by atoms with Gasteiger partial charge in [-0.2, -0.15) is 9.97 Å². The highest BCUT2D eigenvalue weighted by atomic mass is 15.3. The zero-order valence-corrected chi connectivity index (χ0v) is 20.3. The van der Waals surface area contributed by atoms with E-state index in [0.29, 0.717) is 17.6 Å². The van der Waals surface area contributed by atoms with Crippen LogP contribution in [0.1, 0.15) is 51.0 Å². The Bertz CT molecular complexity index is 1010. The molecular weight excluding hydrogens is 422 g/mol. The van der Waals surface area contributed by atoms with E-state index in [4.69, 9.17) is 11.5 Å². The fraction of sp³-hybridized carbons (Fsp3) is 0.444. The highest BCUT2D eigenvalue weighted by Crippen LogP contribution is 2.32. The molecule has 34 heavy (non-hydrogen) atoms. The van der Waals surface area contributed by atoms with Crippen LogP contribution in [0.3, 0.4) is 0 Å². The lowest BCUT2D eigenvalue weighted by Gasteiger charge is -2.35. The van der Waals surface area contributed by atoms with E-state index in [-0.39, 0.29) is 0 Å². The van der Waals surface area contributed by atoms with E-state index in [0.717, 1.165) is 49.5 Å². The number of anilines is 4. The lowest BCUT2D eigenvalue weighted by molar-refractivity contribution is 0.607.